The Morgan fingerprint density at radius 1 is 1.39 bits per heavy atom. The first-order valence-corrected chi connectivity index (χ1v) is 5.38. The Morgan fingerprint density at radius 3 is 2.67 bits per heavy atom. The van der Waals surface area contributed by atoms with E-state index in [1.807, 2.05) is 0 Å². The van der Waals surface area contributed by atoms with Crippen LogP contribution in [0.2, 0.25) is 0 Å². The molecule has 1 aromatic rings. The van der Waals surface area contributed by atoms with Gasteiger partial charge in [0.25, 0.3) is 0 Å². The molecular formula is C13H12O5. The van der Waals surface area contributed by atoms with Crippen LogP contribution >= 0.6 is 0 Å². The lowest BCUT2D eigenvalue weighted by Crippen LogP contribution is -2.21. The van der Waals surface area contributed by atoms with E-state index in [-0.39, 0.29) is 18.0 Å². The maximum Gasteiger partial charge on any atom is 0.309 e. The highest BCUT2D eigenvalue weighted by molar-refractivity contribution is 6.03. The highest BCUT2D eigenvalue weighted by Gasteiger charge is 2.30. The van der Waals surface area contributed by atoms with Gasteiger partial charge in [-0.25, -0.2) is 0 Å². The number of phenols is 1. The Morgan fingerprint density at radius 2 is 2.06 bits per heavy atom. The number of esters is 1. The van der Waals surface area contributed by atoms with Crippen molar-refractivity contribution in [3.05, 3.63) is 35.9 Å². The van der Waals surface area contributed by atoms with E-state index >= 15 is 0 Å². The maximum atomic E-state index is 11.6. The number of hydrogen-bond acceptors (Lipinski definition) is 5. The summed E-state index contributed by atoms with van der Waals surface area (Å²) in [4.78, 5) is 22.7. The average molecular weight is 248 g/mol. The normalized spacial score (nSPS) is 18.2. The number of carbonyl (C=O) groups is 2. The molecule has 0 saturated heterocycles. The fraction of sp³-hybridized carbons (Fsp3) is 0.231. The van der Waals surface area contributed by atoms with Gasteiger partial charge in [-0.3, -0.25) is 9.59 Å². The molecule has 94 valence electrons. The van der Waals surface area contributed by atoms with E-state index in [1.165, 1.54) is 25.3 Å². The van der Waals surface area contributed by atoms with Crippen LogP contribution in [0.15, 0.2) is 30.3 Å². The summed E-state index contributed by atoms with van der Waals surface area (Å²) >= 11 is 0. The zero-order chi connectivity index (χ0) is 13.1. The van der Waals surface area contributed by atoms with Gasteiger partial charge in [-0.15, -0.1) is 0 Å². The minimum atomic E-state index is -0.818. The number of hydrogen-bond donors (Lipinski definition) is 1. The first-order chi connectivity index (χ1) is 8.60. The second kappa shape index (κ2) is 4.91. The molecule has 1 aliphatic rings. The first kappa shape index (κ1) is 12.2. The third kappa shape index (κ3) is 2.51. The van der Waals surface area contributed by atoms with E-state index in [0.717, 1.165) is 0 Å². The van der Waals surface area contributed by atoms with Crippen LogP contribution in [-0.2, 0) is 19.1 Å². The highest BCUT2D eigenvalue weighted by Crippen LogP contribution is 2.27. The third-order valence-electron chi connectivity index (χ3n) is 2.59. The molecule has 1 atom stereocenters. The van der Waals surface area contributed by atoms with Crippen molar-refractivity contribution in [3.63, 3.8) is 0 Å². The van der Waals surface area contributed by atoms with E-state index in [9.17, 15) is 9.59 Å². The number of phenolic OH excluding ortho intramolecular Hbond substituents is 1. The molecule has 1 aliphatic heterocycles. The van der Waals surface area contributed by atoms with Gasteiger partial charge in [0.1, 0.15) is 11.5 Å². The molecule has 0 radical (unpaired) electrons. The standard InChI is InChI=1S/C13H12O5/c1-17-13(16)7-12-10(15)6-11(18-12)8-2-4-9(14)5-3-8/h2-6,12,14H,7H2,1H3. The summed E-state index contributed by atoms with van der Waals surface area (Å²) in [7, 11) is 1.26. The van der Waals surface area contributed by atoms with Crippen LogP contribution in [0.3, 0.4) is 0 Å². The summed E-state index contributed by atoms with van der Waals surface area (Å²) in [5.74, 6) is -0.221. The second-order valence-corrected chi connectivity index (χ2v) is 3.84. The first-order valence-electron chi connectivity index (χ1n) is 5.38. The minimum absolute atomic E-state index is 0.104. The molecule has 1 unspecified atom stereocenters. The molecule has 0 aromatic heterocycles. The molecule has 0 fully saturated rings. The van der Waals surface area contributed by atoms with Crippen LogP contribution in [0.1, 0.15) is 12.0 Å². The van der Waals surface area contributed by atoms with Crippen molar-refractivity contribution in [2.75, 3.05) is 7.11 Å². The summed E-state index contributed by atoms with van der Waals surface area (Å²) in [6.07, 6.45) is 0.425. The Kier molecular flexibility index (Phi) is 3.32. The van der Waals surface area contributed by atoms with Crippen LogP contribution < -0.4 is 0 Å². The molecule has 0 spiro atoms. The van der Waals surface area contributed by atoms with Gasteiger partial charge in [-0.05, 0) is 24.3 Å². The number of rotatable bonds is 3. The van der Waals surface area contributed by atoms with E-state index < -0.39 is 12.1 Å². The molecule has 1 aromatic carbocycles. The van der Waals surface area contributed by atoms with Crippen LogP contribution in [0.5, 0.6) is 5.75 Å². The Balaban J connectivity index is 2.09. The summed E-state index contributed by atoms with van der Waals surface area (Å²) in [6.45, 7) is 0. The molecule has 0 saturated carbocycles. The molecule has 5 heteroatoms. The smallest absolute Gasteiger partial charge is 0.309 e. The molecule has 1 N–H and O–H groups in total. The van der Waals surface area contributed by atoms with E-state index in [1.54, 1.807) is 12.1 Å². The molecule has 0 bridgehead atoms. The number of ketones is 1. The molecule has 0 amide bonds. The minimum Gasteiger partial charge on any atom is -0.508 e. The van der Waals surface area contributed by atoms with Crippen molar-refractivity contribution in [2.24, 2.45) is 0 Å². The van der Waals surface area contributed by atoms with Crippen LogP contribution in [-0.4, -0.2) is 30.1 Å². The molecular weight excluding hydrogens is 236 g/mol. The van der Waals surface area contributed by atoms with Gasteiger partial charge in [0.05, 0.1) is 13.5 Å². The van der Waals surface area contributed by atoms with Crippen LogP contribution in [0, 0.1) is 0 Å². The molecule has 1 heterocycles. The number of benzene rings is 1. The second-order valence-electron chi connectivity index (χ2n) is 3.84. The topological polar surface area (TPSA) is 72.8 Å². The lowest BCUT2D eigenvalue weighted by atomic mass is 10.1. The average Bonchev–Trinajstić information content (AvgIpc) is 2.71. The van der Waals surface area contributed by atoms with Gasteiger partial charge in [-0.1, -0.05) is 0 Å². The fourth-order valence-corrected chi connectivity index (χ4v) is 1.62. The predicted molar refractivity (Wildman–Crippen MR) is 62.6 cm³/mol. The number of methoxy groups -OCH3 is 1. The summed E-state index contributed by atoms with van der Waals surface area (Å²) in [6, 6.07) is 6.26. The van der Waals surface area contributed by atoms with Crippen molar-refractivity contribution in [3.8, 4) is 5.75 Å². The van der Waals surface area contributed by atoms with Crippen LogP contribution in [0.25, 0.3) is 5.76 Å². The van der Waals surface area contributed by atoms with E-state index in [0.29, 0.717) is 11.3 Å². The van der Waals surface area contributed by atoms with E-state index in [4.69, 9.17) is 9.84 Å². The number of ether oxygens (including phenoxy) is 2. The van der Waals surface area contributed by atoms with Gasteiger partial charge < -0.3 is 14.6 Å². The monoisotopic (exact) mass is 248 g/mol. The summed E-state index contributed by atoms with van der Waals surface area (Å²) < 4.78 is 9.89. The van der Waals surface area contributed by atoms with Gasteiger partial charge in [0, 0.05) is 11.6 Å². The van der Waals surface area contributed by atoms with Crippen molar-refractivity contribution in [1.82, 2.24) is 0 Å². The van der Waals surface area contributed by atoms with Gasteiger partial charge >= 0.3 is 5.97 Å². The lowest BCUT2D eigenvalue weighted by molar-refractivity contribution is -0.144. The summed E-state index contributed by atoms with van der Waals surface area (Å²) in [5, 5.41) is 9.17. The van der Waals surface area contributed by atoms with Gasteiger partial charge in [0.2, 0.25) is 0 Å². The van der Waals surface area contributed by atoms with Crippen LogP contribution in [0.4, 0.5) is 0 Å². The molecule has 5 nitrogen and oxygen atoms in total. The number of carbonyl (C=O) groups excluding carboxylic acids is 2. The SMILES string of the molecule is COC(=O)CC1OC(c2ccc(O)cc2)=CC1=O. The van der Waals surface area contributed by atoms with Gasteiger partial charge in [0.15, 0.2) is 11.9 Å². The lowest BCUT2D eigenvalue weighted by Gasteiger charge is -2.10. The Hall–Kier alpha value is -2.30. The predicted octanol–water partition coefficient (Wildman–Crippen LogP) is 1.26. The summed E-state index contributed by atoms with van der Waals surface area (Å²) in [5.41, 5.74) is 0.675. The fourth-order valence-electron chi connectivity index (χ4n) is 1.62. The molecule has 18 heavy (non-hydrogen) atoms. The van der Waals surface area contributed by atoms with Crippen molar-refractivity contribution in [1.29, 1.82) is 0 Å². The Labute approximate surface area is 104 Å². The van der Waals surface area contributed by atoms with Gasteiger partial charge in [-0.2, -0.15) is 0 Å². The maximum absolute atomic E-state index is 11.6. The third-order valence-corrected chi connectivity index (χ3v) is 2.59. The highest BCUT2D eigenvalue weighted by atomic mass is 16.5. The Bertz CT molecular complexity index is 501. The number of aromatic hydroxyl groups is 1. The molecule has 0 aliphatic carbocycles. The van der Waals surface area contributed by atoms with Crippen molar-refractivity contribution < 1.29 is 24.2 Å². The zero-order valence-electron chi connectivity index (χ0n) is 9.75. The van der Waals surface area contributed by atoms with E-state index in [2.05, 4.69) is 4.74 Å². The van der Waals surface area contributed by atoms with Crippen molar-refractivity contribution in [2.45, 2.75) is 12.5 Å². The molecule has 2 rings (SSSR count). The quantitative estimate of drug-likeness (QED) is 0.815. The zero-order valence-corrected chi connectivity index (χ0v) is 9.75. The van der Waals surface area contributed by atoms with Crippen molar-refractivity contribution >= 4 is 17.5 Å². The largest absolute Gasteiger partial charge is 0.508 e.